The van der Waals surface area contributed by atoms with Gasteiger partial charge in [-0.15, -0.1) is 0 Å². The molecule has 0 aromatic heterocycles. The highest BCUT2D eigenvalue weighted by molar-refractivity contribution is 5.41. The molecule has 0 N–H and O–H groups in total. The van der Waals surface area contributed by atoms with E-state index in [0.717, 1.165) is 12.1 Å². The first-order valence-corrected chi connectivity index (χ1v) is 4.51. The predicted molar refractivity (Wildman–Crippen MR) is 51.8 cm³/mol. The van der Waals surface area contributed by atoms with Crippen molar-refractivity contribution < 1.29 is 17.9 Å². The highest BCUT2D eigenvalue weighted by atomic mass is 19.3. The molecule has 0 fully saturated rings. The van der Waals surface area contributed by atoms with Gasteiger partial charge < -0.3 is 4.74 Å². The van der Waals surface area contributed by atoms with E-state index in [0.29, 0.717) is 6.92 Å². The van der Waals surface area contributed by atoms with E-state index in [-0.39, 0.29) is 17.7 Å². The van der Waals surface area contributed by atoms with Crippen molar-refractivity contribution in [3.8, 4) is 11.8 Å². The maximum atomic E-state index is 13.4. The monoisotopic (exact) mass is 229 g/mol. The van der Waals surface area contributed by atoms with Gasteiger partial charge in [0.15, 0.2) is 11.6 Å². The van der Waals surface area contributed by atoms with Gasteiger partial charge in [-0.3, -0.25) is 0 Å². The molecule has 0 saturated carbocycles. The lowest BCUT2D eigenvalue weighted by Crippen LogP contribution is -2.09. The van der Waals surface area contributed by atoms with Crippen LogP contribution in [0.5, 0.6) is 5.75 Å². The lowest BCUT2D eigenvalue weighted by atomic mass is 10.0. The smallest absolute Gasteiger partial charge is 0.270 e. The van der Waals surface area contributed by atoms with Crippen molar-refractivity contribution in [2.24, 2.45) is 0 Å². The molecule has 2 nitrogen and oxygen atoms in total. The van der Waals surface area contributed by atoms with Crippen molar-refractivity contribution in [2.45, 2.75) is 19.3 Å². The number of hydrogen-bond acceptors (Lipinski definition) is 2. The average molecular weight is 229 g/mol. The molecule has 1 aromatic carbocycles. The van der Waals surface area contributed by atoms with Crippen LogP contribution in [0, 0.1) is 17.1 Å². The third-order valence-corrected chi connectivity index (χ3v) is 2.10. The molecule has 1 aromatic rings. The van der Waals surface area contributed by atoms with Gasteiger partial charge in [-0.05, 0) is 12.1 Å². The summed E-state index contributed by atoms with van der Waals surface area (Å²) in [6.45, 7) is 0.671. The minimum absolute atomic E-state index is 0.126. The van der Waals surface area contributed by atoms with E-state index < -0.39 is 17.3 Å². The van der Waals surface area contributed by atoms with Crippen molar-refractivity contribution >= 4 is 0 Å². The van der Waals surface area contributed by atoms with Gasteiger partial charge in [0.1, 0.15) is 0 Å². The van der Waals surface area contributed by atoms with Crippen LogP contribution in [-0.2, 0) is 12.3 Å². The van der Waals surface area contributed by atoms with Crippen LogP contribution >= 0.6 is 0 Å². The van der Waals surface area contributed by atoms with Gasteiger partial charge in [-0.1, -0.05) is 0 Å². The number of alkyl halides is 2. The van der Waals surface area contributed by atoms with Gasteiger partial charge in [0, 0.05) is 18.1 Å². The molecule has 0 saturated heterocycles. The summed E-state index contributed by atoms with van der Waals surface area (Å²) in [5.74, 6) is -4.18. The van der Waals surface area contributed by atoms with Crippen LogP contribution in [0.3, 0.4) is 0 Å². The number of rotatable bonds is 3. The van der Waals surface area contributed by atoms with Crippen LogP contribution < -0.4 is 4.74 Å². The second-order valence-electron chi connectivity index (χ2n) is 3.37. The summed E-state index contributed by atoms with van der Waals surface area (Å²) in [6, 6.07) is 3.58. The first kappa shape index (κ1) is 12.4. The molecular weight excluding hydrogens is 219 g/mol. The molecule has 5 heteroatoms. The molecule has 0 spiro atoms. The molecule has 0 unspecified atom stereocenters. The zero-order chi connectivity index (χ0) is 12.3. The topological polar surface area (TPSA) is 33.0 Å². The van der Waals surface area contributed by atoms with Crippen LogP contribution in [0.25, 0.3) is 0 Å². The molecule has 0 bridgehead atoms. The second-order valence-corrected chi connectivity index (χ2v) is 3.37. The summed E-state index contributed by atoms with van der Waals surface area (Å²) in [5.41, 5.74) is -0.336. The van der Waals surface area contributed by atoms with Crippen molar-refractivity contribution in [3.05, 3.63) is 29.1 Å². The molecule has 86 valence electrons. The van der Waals surface area contributed by atoms with Crippen LogP contribution in [0.2, 0.25) is 0 Å². The Balaban J connectivity index is 3.35. The van der Waals surface area contributed by atoms with Crippen LogP contribution in [0.4, 0.5) is 13.2 Å². The molecule has 0 aliphatic rings. The summed E-state index contributed by atoms with van der Waals surface area (Å²) in [6.07, 6.45) is -0.177. The highest BCUT2D eigenvalue weighted by Gasteiger charge is 2.27. The maximum absolute atomic E-state index is 13.4. The Kier molecular flexibility index (Phi) is 3.43. The van der Waals surface area contributed by atoms with E-state index >= 15 is 0 Å². The third kappa shape index (κ3) is 2.45. The summed E-state index contributed by atoms with van der Waals surface area (Å²) in [4.78, 5) is 0. The fourth-order valence-electron chi connectivity index (χ4n) is 1.35. The SMILES string of the molecule is COc1c(F)cc(C(C)(F)F)cc1CC#N. The molecule has 0 heterocycles. The summed E-state index contributed by atoms with van der Waals surface area (Å²) >= 11 is 0. The Bertz CT molecular complexity index is 432. The molecule has 0 amide bonds. The fraction of sp³-hybridized carbons (Fsp3) is 0.364. The van der Waals surface area contributed by atoms with E-state index in [1.807, 2.05) is 0 Å². The molecule has 0 aliphatic carbocycles. The van der Waals surface area contributed by atoms with Gasteiger partial charge in [-0.25, -0.2) is 13.2 Å². The van der Waals surface area contributed by atoms with Gasteiger partial charge in [0.25, 0.3) is 5.92 Å². The zero-order valence-corrected chi connectivity index (χ0v) is 8.85. The highest BCUT2D eigenvalue weighted by Crippen LogP contribution is 2.33. The van der Waals surface area contributed by atoms with E-state index in [2.05, 4.69) is 0 Å². The van der Waals surface area contributed by atoms with Crippen molar-refractivity contribution in [3.63, 3.8) is 0 Å². The van der Waals surface area contributed by atoms with Crippen molar-refractivity contribution in [1.29, 1.82) is 5.26 Å². The van der Waals surface area contributed by atoms with Crippen molar-refractivity contribution in [2.75, 3.05) is 7.11 Å². The molecule has 0 aliphatic heterocycles. The number of nitriles is 1. The Morgan fingerprint density at radius 2 is 2.06 bits per heavy atom. The number of nitrogens with zero attached hydrogens (tertiary/aromatic N) is 1. The Morgan fingerprint density at radius 3 is 2.50 bits per heavy atom. The lowest BCUT2D eigenvalue weighted by Gasteiger charge is -2.14. The number of halogens is 3. The van der Waals surface area contributed by atoms with Crippen LogP contribution in [0.15, 0.2) is 12.1 Å². The Labute approximate surface area is 91.3 Å². The Morgan fingerprint density at radius 1 is 1.44 bits per heavy atom. The van der Waals surface area contributed by atoms with E-state index in [1.54, 1.807) is 6.07 Å². The summed E-state index contributed by atoms with van der Waals surface area (Å²) in [5, 5.41) is 8.51. The Hall–Kier alpha value is -1.70. The molecule has 1 rings (SSSR count). The van der Waals surface area contributed by atoms with Crippen molar-refractivity contribution in [1.82, 2.24) is 0 Å². The van der Waals surface area contributed by atoms with E-state index in [9.17, 15) is 13.2 Å². The largest absolute Gasteiger partial charge is 0.493 e. The summed E-state index contributed by atoms with van der Waals surface area (Å²) in [7, 11) is 1.23. The molecule has 16 heavy (non-hydrogen) atoms. The molecule has 0 atom stereocenters. The number of methoxy groups -OCH3 is 1. The van der Waals surface area contributed by atoms with E-state index in [1.165, 1.54) is 7.11 Å². The molecular formula is C11H10F3NO. The number of hydrogen-bond donors (Lipinski definition) is 0. The maximum Gasteiger partial charge on any atom is 0.270 e. The van der Waals surface area contributed by atoms with E-state index in [4.69, 9.17) is 10.00 Å². The third-order valence-electron chi connectivity index (χ3n) is 2.10. The average Bonchev–Trinajstić information content (AvgIpc) is 2.16. The van der Waals surface area contributed by atoms with Crippen LogP contribution in [0.1, 0.15) is 18.1 Å². The zero-order valence-electron chi connectivity index (χ0n) is 8.85. The van der Waals surface area contributed by atoms with Gasteiger partial charge >= 0.3 is 0 Å². The van der Waals surface area contributed by atoms with Crippen LogP contribution in [-0.4, -0.2) is 7.11 Å². The summed E-state index contributed by atoms with van der Waals surface area (Å²) < 4.78 is 44.1. The standard InChI is InChI=1S/C11H10F3NO/c1-11(13,14)8-5-7(3-4-15)10(16-2)9(12)6-8/h5-6H,3H2,1-2H3. The normalized spacial score (nSPS) is 11.0. The fourth-order valence-corrected chi connectivity index (χ4v) is 1.35. The minimum Gasteiger partial charge on any atom is -0.493 e. The van der Waals surface area contributed by atoms with Gasteiger partial charge in [-0.2, -0.15) is 5.26 Å². The van der Waals surface area contributed by atoms with Gasteiger partial charge in [0.2, 0.25) is 0 Å². The molecule has 0 radical (unpaired) electrons. The first-order chi connectivity index (χ1) is 7.40. The quantitative estimate of drug-likeness (QED) is 0.798. The minimum atomic E-state index is -3.14. The number of benzene rings is 1. The predicted octanol–water partition coefficient (Wildman–Crippen LogP) is 3.01. The second kappa shape index (κ2) is 4.44. The lowest BCUT2D eigenvalue weighted by molar-refractivity contribution is 0.0170. The first-order valence-electron chi connectivity index (χ1n) is 4.51. The van der Waals surface area contributed by atoms with Gasteiger partial charge in [0.05, 0.1) is 19.6 Å². The number of ether oxygens (including phenoxy) is 1.